The highest BCUT2D eigenvalue weighted by atomic mass is 35.5. The molecule has 116 valence electrons. The fraction of sp³-hybridized carbons (Fsp3) is 0.600. The Morgan fingerprint density at radius 1 is 1.52 bits per heavy atom. The summed E-state index contributed by atoms with van der Waals surface area (Å²) >= 11 is 6.11. The molecule has 0 aromatic carbocycles. The second-order valence-electron chi connectivity index (χ2n) is 5.60. The molecule has 0 unspecified atom stereocenters. The maximum atomic E-state index is 12.4. The van der Waals surface area contributed by atoms with Crippen LogP contribution in [-0.2, 0) is 0 Å². The van der Waals surface area contributed by atoms with E-state index in [2.05, 4.69) is 4.98 Å². The Balaban J connectivity index is 2.04. The van der Waals surface area contributed by atoms with Crippen molar-refractivity contribution in [2.45, 2.75) is 32.8 Å². The maximum Gasteiger partial charge on any atom is 0.255 e. The number of halogens is 1. The second kappa shape index (κ2) is 7.09. The molecule has 1 fully saturated rings. The average Bonchev–Trinajstić information content (AvgIpc) is 2.48. The summed E-state index contributed by atoms with van der Waals surface area (Å²) in [5.41, 5.74) is 0.471. The van der Waals surface area contributed by atoms with E-state index in [1.807, 2.05) is 13.8 Å². The summed E-state index contributed by atoms with van der Waals surface area (Å²) in [7, 11) is 0. The van der Waals surface area contributed by atoms with Crippen LogP contribution in [0.1, 0.15) is 37.0 Å². The highest BCUT2D eigenvalue weighted by molar-refractivity contribution is 6.32. The van der Waals surface area contributed by atoms with Gasteiger partial charge in [0.05, 0.1) is 11.7 Å². The number of aliphatic hydroxyl groups is 1. The molecule has 0 saturated carbocycles. The Hall–Kier alpha value is -1.33. The normalized spacial score (nSPS) is 16.3. The number of nitrogens with zero attached hydrogens (tertiary/aromatic N) is 2. The van der Waals surface area contributed by atoms with E-state index in [9.17, 15) is 4.79 Å². The van der Waals surface area contributed by atoms with Crippen LogP contribution < -0.4 is 4.74 Å². The zero-order chi connectivity index (χ0) is 15.4. The molecule has 5 nitrogen and oxygen atoms in total. The van der Waals surface area contributed by atoms with E-state index in [1.54, 1.807) is 11.0 Å². The summed E-state index contributed by atoms with van der Waals surface area (Å²) < 4.78 is 5.46. The van der Waals surface area contributed by atoms with E-state index in [-0.39, 0.29) is 18.6 Å². The molecule has 21 heavy (non-hydrogen) atoms. The number of amides is 1. The zero-order valence-electron chi connectivity index (χ0n) is 12.4. The van der Waals surface area contributed by atoms with Crippen molar-refractivity contribution in [3.05, 3.63) is 22.8 Å². The topological polar surface area (TPSA) is 62.7 Å². The quantitative estimate of drug-likeness (QED) is 0.927. The minimum atomic E-state index is -0.0723. The van der Waals surface area contributed by atoms with E-state index in [1.165, 1.54) is 6.20 Å². The van der Waals surface area contributed by atoms with Crippen molar-refractivity contribution < 1.29 is 14.6 Å². The number of carbonyl (C=O) groups is 1. The lowest BCUT2D eigenvalue weighted by Gasteiger charge is -2.31. The first-order valence-electron chi connectivity index (χ1n) is 7.23. The summed E-state index contributed by atoms with van der Waals surface area (Å²) in [6.07, 6.45) is 3.15. The van der Waals surface area contributed by atoms with Crippen LogP contribution in [0.2, 0.25) is 5.02 Å². The Bertz CT molecular complexity index is 500. The number of aliphatic hydroxyl groups excluding tert-OH is 1. The van der Waals surface area contributed by atoms with Crippen LogP contribution in [-0.4, -0.2) is 46.7 Å². The van der Waals surface area contributed by atoms with Gasteiger partial charge in [-0.2, -0.15) is 0 Å². The number of likely N-dealkylation sites (tertiary alicyclic amines) is 1. The molecule has 0 aliphatic carbocycles. The molecule has 0 bridgehead atoms. The van der Waals surface area contributed by atoms with Crippen LogP contribution >= 0.6 is 11.6 Å². The molecule has 1 aromatic rings. The van der Waals surface area contributed by atoms with Crippen LogP contribution in [0.4, 0.5) is 0 Å². The first-order valence-corrected chi connectivity index (χ1v) is 7.61. The van der Waals surface area contributed by atoms with Gasteiger partial charge in [-0.25, -0.2) is 4.98 Å². The van der Waals surface area contributed by atoms with Gasteiger partial charge in [-0.3, -0.25) is 4.79 Å². The fourth-order valence-corrected chi connectivity index (χ4v) is 2.56. The van der Waals surface area contributed by atoms with Gasteiger partial charge in [0.2, 0.25) is 5.88 Å². The van der Waals surface area contributed by atoms with E-state index in [0.717, 1.165) is 12.8 Å². The molecular formula is C15H21ClN2O3. The van der Waals surface area contributed by atoms with E-state index in [4.69, 9.17) is 21.4 Å². The molecule has 1 N–H and O–H groups in total. The van der Waals surface area contributed by atoms with Gasteiger partial charge >= 0.3 is 0 Å². The van der Waals surface area contributed by atoms with E-state index >= 15 is 0 Å². The molecule has 0 atom stereocenters. The van der Waals surface area contributed by atoms with Crippen molar-refractivity contribution in [1.82, 2.24) is 9.88 Å². The first kappa shape index (κ1) is 16.0. The van der Waals surface area contributed by atoms with Gasteiger partial charge in [-0.1, -0.05) is 11.6 Å². The lowest BCUT2D eigenvalue weighted by atomic mass is 9.97. The van der Waals surface area contributed by atoms with E-state index < -0.39 is 0 Å². The maximum absolute atomic E-state index is 12.4. The predicted octanol–water partition coefficient (Wildman–Crippen LogP) is 2.37. The van der Waals surface area contributed by atoms with E-state index in [0.29, 0.717) is 35.5 Å². The highest BCUT2D eigenvalue weighted by Gasteiger charge is 2.24. The zero-order valence-corrected chi connectivity index (χ0v) is 13.1. The SMILES string of the molecule is CC(C)Oc1ncc(C(=O)N2CCC(CO)CC2)cc1Cl. The Morgan fingerprint density at radius 2 is 2.19 bits per heavy atom. The minimum absolute atomic E-state index is 0.0194. The van der Waals surface area contributed by atoms with Crippen molar-refractivity contribution in [2.24, 2.45) is 5.92 Å². The number of carbonyl (C=O) groups excluding carboxylic acids is 1. The van der Waals surface area contributed by atoms with Crippen LogP contribution in [0.3, 0.4) is 0 Å². The molecule has 1 saturated heterocycles. The third kappa shape index (κ3) is 4.08. The van der Waals surface area contributed by atoms with Crippen molar-refractivity contribution in [1.29, 1.82) is 0 Å². The largest absolute Gasteiger partial charge is 0.474 e. The Labute approximate surface area is 129 Å². The molecule has 6 heteroatoms. The Morgan fingerprint density at radius 3 is 2.71 bits per heavy atom. The average molecular weight is 313 g/mol. The van der Waals surface area contributed by atoms with Crippen LogP contribution in [0.25, 0.3) is 0 Å². The highest BCUT2D eigenvalue weighted by Crippen LogP contribution is 2.25. The molecule has 1 aliphatic heterocycles. The van der Waals surface area contributed by atoms with Crippen LogP contribution in [0, 0.1) is 5.92 Å². The lowest BCUT2D eigenvalue weighted by molar-refractivity contribution is 0.0650. The van der Waals surface area contributed by atoms with Gasteiger partial charge in [-0.15, -0.1) is 0 Å². The Kier molecular flexibility index (Phi) is 5.42. The molecule has 2 rings (SSSR count). The number of rotatable bonds is 4. The van der Waals surface area contributed by atoms with Crippen molar-refractivity contribution in [3.63, 3.8) is 0 Å². The van der Waals surface area contributed by atoms with Gasteiger partial charge < -0.3 is 14.7 Å². The number of piperidine rings is 1. The summed E-state index contributed by atoms with van der Waals surface area (Å²) in [5, 5.41) is 9.47. The van der Waals surface area contributed by atoms with Gasteiger partial charge in [-0.05, 0) is 38.7 Å². The monoisotopic (exact) mass is 312 g/mol. The summed E-state index contributed by atoms with van der Waals surface area (Å²) in [6, 6.07) is 1.60. The molecule has 1 aliphatic rings. The molecule has 2 heterocycles. The van der Waals surface area contributed by atoms with Gasteiger partial charge in [0.15, 0.2) is 0 Å². The third-order valence-corrected chi connectivity index (χ3v) is 3.83. The number of aromatic nitrogens is 1. The second-order valence-corrected chi connectivity index (χ2v) is 6.00. The lowest BCUT2D eigenvalue weighted by Crippen LogP contribution is -2.39. The molecular weight excluding hydrogens is 292 g/mol. The fourth-order valence-electron chi connectivity index (χ4n) is 2.35. The summed E-state index contributed by atoms with van der Waals surface area (Å²) in [5.74, 6) is 0.580. The summed E-state index contributed by atoms with van der Waals surface area (Å²) in [4.78, 5) is 18.3. The van der Waals surface area contributed by atoms with Gasteiger partial charge in [0.25, 0.3) is 5.91 Å². The third-order valence-electron chi connectivity index (χ3n) is 3.56. The van der Waals surface area contributed by atoms with Crippen LogP contribution in [0.5, 0.6) is 5.88 Å². The van der Waals surface area contributed by atoms with Crippen LogP contribution in [0.15, 0.2) is 12.3 Å². The standard InChI is InChI=1S/C15H21ClN2O3/c1-10(2)21-14-13(16)7-12(8-17-14)15(20)18-5-3-11(9-19)4-6-18/h7-8,10-11,19H,3-6,9H2,1-2H3. The number of hydrogen-bond acceptors (Lipinski definition) is 4. The number of ether oxygens (including phenoxy) is 1. The first-order chi connectivity index (χ1) is 10.0. The smallest absolute Gasteiger partial charge is 0.255 e. The molecule has 0 radical (unpaired) electrons. The van der Waals surface area contributed by atoms with Crippen molar-refractivity contribution >= 4 is 17.5 Å². The summed E-state index contributed by atoms with van der Waals surface area (Å²) in [6.45, 7) is 5.29. The molecule has 1 aromatic heterocycles. The van der Waals surface area contributed by atoms with Crippen molar-refractivity contribution in [2.75, 3.05) is 19.7 Å². The molecule has 1 amide bonds. The number of pyridine rings is 1. The van der Waals surface area contributed by atoms with Crippen molar-refractivity contribution in [3.8, 4) is 5.88 Å². The number of hydrogen-bond donors (Lipinski definition) is 1. The van der Waals surface area contributed by atoms with Gasteiger partial charge in [0, 0.05) is 25.9 Å². The predicted molar refractivity (Wildman–Crippen MR) is 80.7 cm³/mol. The molecule has 0 spiro atoms. The van der Waals surface area contributed by atoms with Gasteiger partial charge in [0.1, 0.15) is 5.02 Å². The minimum Gasteiger partial charge on any atom is -0.474 e.